The molecule has 0 radical (unpaired) electrons. The van der Waals surface area contributed by atoms with E-state index < -0.39 is 16.0 Å². The van der Waals surface area contributed by atoms with Crippen molar-refractivity contribution in [3.63, 3.8) is 0 Å². The lowest BCUT2D eigenvalue weighted by molar-refractivity contribution is 0.0688. The van der Waals surface area contributed by atoms with Crippen LogP contribution in [0.15, 0.2) is 23.1 Å². The molecule has 0 amide bonds. The van der Waals surface area contributed by atoms with E-state index in [0.29, 0.717) is 25.2 Å². The molecule has 20 heavy (non-hydrogen) atoms. The van der Waals surface area contributed by atoms with E-state index in [1.165, 1.54) is 10.4 Å². The number of aryl methyl sites for hydroxylation is 1. The van der Waals surface area contributed by atoms with E-state index in [1.54, 1.807) is 19.1 Å². The number of benzene rings is 1. The molecule has 1 aliphatic rings. The summed E-state index contributed by atoms with van der Waals surface area (Å²) in [4.78, 5) is 11.2. The first kappa shape index (κ1) is 15.0. The minimum atomic E-state index is -3.81. The van der Waals surface area contributed by atoms with Gasteiger partial charge in [-0.3, -0.25) is 0 Å². The van der Waals surface area contributed by atoms with Crippen molar-refractivity contribution in [1.29, 1.82) is 0 Å². The molecular formula is C13H17NO5S. The van der Waals surface area contributed by atoms with Crippen LogP contribution < -0.4 is 0 Å². The predicted octanol–water partition coefficient (Wildman–Crippen LogP) is 0.968. The molecule has 0 saturated carbocycles. The van der Waals surface area contributed by atoms with E-state index in [0.717, 1.165) is 0 Å². The first-order chi connectivity index (χ1) is 9.48. The molecule has 1 aliphatic heterocycles. The highest BCUT2D eigenvalue weighted by molar-refractivity contribution is 7.89. The van der Waals surface area contributed by atoms with E-state index in [-0.39, 0.29) is 23.5 Å². The maximum atomic E-state index is 12.7. The van der Waals surface area contributed by atoms with Crippen LogP contribution in [0.4, 0.5) is 0 Å². The molecule has 0 atom stereocenters. The van der Waals surface area contributed by atoms with Gasteiger partial charge >= 0.3 is 5.97 Å². The summed E-state index contributed by atoms with van der Waals surface area (Å²) in [6.07, 6.45) is 0.458. The van der Waals surface area contributed by atoms with Crippen molar-refractivity contribution >= 4 is 16.0 Å². The van der Waals surface area contributed by atoms with Crippen LogP contribution in [0.25, 0.3) is 0 Å². The summed E-state index contributed by atoms with van der Waals surface area (Å²) >= 11 is 0. The second kappa shape index (κ2) is 5.90. The molecule has 0 unspecified atom stereocenters. The summed E-state index contributed by atoms with van der Waals surface area (Å²) in [6.45, 7) is 2.96. The van der Waals surface area contributed by atoms with Crippen LogP contribution >= 0.6 is 0 Å². The maximum absolute atomic E-state index is 12.7. The SMILES string of the molecule is CCc1cccc(C(=O)O)c1S(=O)(=O)N1CCOCC1. The molecule has 0 aliphatic carbocycles. The van der Waals surface area contributed by atoms with Crippen LogP contribution in [0, 0.1) is 0 Å². The third-order valence-corrected chi connectivity index (χ3v) is 5.32. The zero-order valence-corrected chi connectivity index (χ0v) is 12.0. The van der Waals surface area contributed by atoms with Crippen LogP contribution in [0.2, 0.25) is 0 Å². The Morgan fingerprint density at radius 1 is 1.35 bits per heavy atom. The fraction of sp³-hybridized carbons (Fsp3) is 0.462. The molecule has 1 aromatic rings. The number of carboxylic acids is 1. The molecular weight excluding hydrogens is 282 g/mol. The number of carboxylic acid groups (broad SMARTS) is 1. The Bertz CT molecular complexity index is 605. The summed E-state index contributed by atoms with van der Waals surface area (Å²) in [5.41, 5.74) is 0.354. The smallest absolute Gasteiger partial charge is 0.337 e. The van der Waals surface area contributed by atoms with E-state index in [4.69, 9.17) is 4.74 Å². The highest BCUT2D eigenvalue weighted by Gasteiger charge is 2.32. The Labute approximate surface area is 118 Å². The molecule has 0 spiro atoms. The van der Waals surface area contributed by atoms with Gasteiger partial charge in [-0.05, 0) is 18.1 Å². The number of carbonyl (C=O) groups is 1. The van der Waals surface area contributed by atoms with E-state index in [9.17, 15) is 18.3 Å². The van der Waals surface area contributed by atoms with Crippen molar-refractivity contribution in [1.82, 2.24) is 4.31 Å². The normalized spacial score (nSPS) is 17.1. The zero-order chi connectivity index (χ0) is 14.8. The number of hydrogen-bond acceptors (Lipinski definition) is 4. The van der Waals surface area contributed by atoms with Crippen molar-refractivity contribution in [2.45, 2.75) is 18.2 Å². The fourth-order valence-electron chi connectivity index (χ4n) is 2.25. The number of morpholine rings is 1. The largest absolute Gasteiger partial charge is 0.478 e. The molecule has 1 saturated heterocycles. The molecule has 0 aromatic heterocycles. The van der Waals surface area contributed by atoms with Gasteiger partial charge in [-0.25, -0.2) is 13.2 Å². The molecule has 7 heteroatoms. The van der Waals surface area contributed by atoms with Gasteiger partial charge in [-0.1, -0.05) is 19.1 Å². The Morgan fingerprint density at radius 3 is 2.55 bits per heavy atom. The summed E-state index contributed by atoms with van der Waals surface area (Å²) in [5, 5.41) is 9.24. The van der Waals surface area contributed by atoms with Crippen molar-refractivity contribution < 1.29 is 23.1 Å². The average Bonchev–Trinajstić information content (AvgIpc) is 2.47. The van der Waals surface area contributed by atoms with Crippen molar-refractivity contribution in [3.05, 3.63) is 29.3 Å². The first-order valence-electron chi connectivity index (χ1n) is 6.41. The molecule has 2 rings (SSSR count). The monoisotopic (exact) mass is 299 g/mol. The van der Waals surface area contributed by atoms with E-state index in [1.807, 2.05) is 0 Å². The Morgan fingerprint density at radius 2 is 2.00 bits per heavy atom. The van der Waals surface area contributed by atoms with Crippen LogP contribution in [0.1, 0.15) is 22.8 Å². The maximum Gasteiger partial charge on any atom is 0.337 e. The highest BCUT2D eigenvalue weighted by Crippen LogP contribution is 2.26. The lowest BCUT2D eigenvalue weighted by atomic mass is 10.1. The minimum Gasteiger partial charge on any atom is -0.478 e. The van der Waals surface area contributed by atoms with Crippen LogP contribution in [-0.2, 0) is 21.2 Å². The van der Waals surface area contributed by atoms with Crippen LogP contribution in [0.3, 0.4) is 0 Å². The molecule has 0 bridgehead atoms. The first-order valence-corrected chi connectivity index (χ1v) is 7.85. The van der Waals surface area contributed by atoms with Gasteiger partial charge in [0.25, 0.3) is 0 Å². The Kier molecular flexibility index (Phi) is 4.42. The number of hydrogen-bond donors (Lipinski definition) is 1. The second-order valence-corrected chi connectivity index (χ2v) is 6.34. The van der Waals surface area contributed by atoms with Crippen LogP contribution in [0.5, 0.6) is 0 Å². The number of aromatic carboxylic acids is 1. The van der Waals surface area contributed by atoms with Gasteiger partial charge in [0, 0.05) is 13.1 Å². The van der Waals surface area contributed by atoms with Gasteiger partial charge < -0.3 is 9.84 Å². The minimum absolute atomic E-state index is 0.0862. The van der Waals surface area contributed by atoms with Gasteiger partial charge in [0.05, 0.1) is 23.7 Å². The topological polar surface area (TPSA) is 83.9 Å². The number of sulfonamides is 1. The van der Waals surface area contributed by atoms with Crippen molar-refractivity contribution in [2.24, 2.45) is 0 Å². The predicted molar refractivity (Wildman–Crippen MR) is 72.4 cm³/mol. The van der Waals surface area contributed by atoms with Crippen molar-refractivity contribution in [2.75, 3.05) is 26.3 Å². The molecule has 1 heterocycles. The summed E-state index contributed by atoms with van der Waals surface area (Å²) < 4.78 is 31.8. The summed E-state index contributed by atoms with van der Waals surface area (Å²) in [7, 11) is -3.81. The van der Waals surface area contributed by atoms with Gasteiger partial charge in [0.2, 0.25) is 10.0 Å². The van der Waals surface area contributed by atoms with E-state index >= 15 is 0 Å². The molecule has 110 valence electrons. The van der Waals surface area contributed by atoms with Gasteiger partial charge in [0.1, 0.15) is 0 Å². The van der Waals surface area contributed by atoms with Gasteiger partial charge in [-0.2, -0.15) is 4.31 Å². The number of ether oxygens (including phenoxy) is 1. The second-order valence-electron chi connectivity index (χ2n) is 4.47. The lowest BCUT2D eigenvalue weighted by Crippen LogP contribution is -2.41. The molecule has 1 N–H and O–H groups in total. The third kappa shape index (κ3) is 2.70. The number of rotatable bonds is 4. The Hall–Kier alpha value is -1.44. The average molecular weight is 299 g/mol. The third-order valence-electron chi connectivity index (χ3n) is 3.28. The van der Waals surface area contributed by atoms with Crippen LogP contribution in [-0.4, -0.2) is 50.1 Å². The van der Waals surface area contributed by atoms with Crippen molar-refractivity contribution in [3.8, 4) is 0 Å². The quantitative estimate of drug-likeness (QED) is 0.895. The molecule has 1 fully saturated rings. The Balaban J connectivity index is 2.57. The standard InChI is InChI=1S/C13H17NO5S/c1-2-10-4-3-5-11(13(15)16)12(10)20(17,18)14-6-8-19-9-7-14/h3-5H,2,6-9H2,1H3,(H,15,16). The lowest BCUT2D eigenvalue weighted by Gasteiger charge is -2.27. The van der Waals surface area contributed by atoms with Gasteiger partial charge in [-0.15, -0.1) is 0 Å². The molecule has 6 nitrogen and oxygen atoms in total. The highest BCUT2D eigenvalue weighted by atomic mass is 32.2. The molecule has 1 aromatic carbocycles. The summed E-state index contributed by atoms with van der Waals surface area (Å²) in [6, 6.07) is 4.55. The van der Waals surface area contributed by atoms with E-state index in [2.05, 4.69) is 0 Å². The summed E-state index contributed by atoms with van der Waals surface area (Å²) in [5.74, 6) is -1.23. The number of nitrogens with zero attached hydrogens (tertiary/aromatic N) is 1. The fourth-order valence-corrected chi connectivity index (χ4v) is 4.12. The zero-order valence-electron chi connectivity index (χ0n) is 11.2. The van der Waals surface area contributed by atoms with Gasteiger partial charge in [0.15, 0.2) is 0 Å².